The molecule has 108 valence electrons. The highest BCUT2D eigenvalue weighted by Crippen LogP contribution is 2.20. The lowest BCUT2D eigenvalue weighted by Gasteiger charge is -2.31. The van der Waals surface area contributed by atoms with Crippen molar-refractivity contribution in [1.82, 2.24) is 4.90 Å². The fraction of sp³-hybridized carbons (Fsp3) is 0.500. The Morgan fingerprint density at radius 1 is 1.25 bits per heavy atom. The van der Waals surface area contributed by atoms with E-state index in [4.69, 9.17) is 0 Å². The van der Waals surface area contributed by atoms with Gasteiger partial charge in [0.2, 0.25) is 11.8 Å². The van der Waals surface area contributed by atoms with E-state index >= 15 is 0 Å². The molecular weight excluding hydrogens is 252 g/mol. The summed E-state index contributed by atoms with van der Waals surface area (Å²) < 4.78 is 0. The molecule has 1 aromatic carbocycles. The molecule has 1 aromatic rings. The molecule has 0 bridgehead atoms. The predicted octanol–water partition coefficient (Wildman–Crippen LogP) is 2.50. The number of carbonyl (C=O) groups excluding carboxylic acids is 2. The van der Waals surface area contributed by atoms with Crippen LogP contribution >= 0.6 is 0 Å². The summed E-state index contributed by atoms with van der Waals surface area (Å²) in [4.78, 5) is 25.4. The maximum atomic E-state index is 12.3. The standard InChI is InChI=1S/C16H22N2O2/c1-11-6-7-15(9-12(11)2)17-16(20)14-5-4-8-18(10-14)13(3)19/h6-7,9,14H,4-5,8,10H2,1-3H3,(H,17,20). The van der Waals surface area contributed by atoms with Crippen LogP contribution in [0, 0.1) is 19.8 Å². The minimum absolute atomic E-state index is 0.0132. The van der Waals surface area contributed by atoms with E-state index in [1.165, 1.54) is 5.56 Å². The van der Waals surface area contributed by atoms with Crippen LogP contribution in [-0.2, 0) is 9.59 Å². The van der Waals surface area contributed by atoms with Crippen molar-refractivity contribution in [1.29, 1.82) is 0 Å². The zero-order chi connectivity index (χ0) is 14.7. The van der Waals surface area contributed by atoms with Crippen molar-refractivity contribution in [2.45, 2.75) is 33.6 Å². The molecule has 1 atom stereocenters. The fourth-order valence-corrected chi connectivity index (χ4v) is 2.54. The molecule has 0 aromatic heterocycles. The number of anilines is 1. The van der Waals surface area contributed by atoms with E-state index in [-0.39, 0.29) is 17.7 Å². The maximum Gasteiger partial charge on any atom is 0.229 e. The van der Waals surface area contributed by atoms with Crippen LogP contribution in [0.1, 0.15) is 30.9 Å². The van der Waals surface area contributed by atoms with Crippen molar-refractivity contribution in [3.05, 3.63) is 29.3 Å². The van der Waals surface area contributed by atoms with Gasteiger partial charge in [0.15, 0.2) is 0 Å². The number of nitrogens with zero attached hydrogens (tertiary/aromatic N) is 1. The zero-order valence-corrected chi connectivity index (χ0v) is 12.4. The van der Waals surface area contributed by atoms with Gasteiger partial charge in [-0.05, 0) is 49.9 Å². The molecule has 0 spiro atoms. The number of nitrogens with one attached hydrogen (secondary N) is 1. The molecule has 4 heteroatoms. The number of hydrogen-bond acceptors (Lipinski definition) is 2. The Bertz CT molecular complexity index is 525. The van der Waals surface area contributed by atoms with Crippen LogP contribution < -0.4 is 5.32 Å². The van der Waals surface area contributed by atoms with Crippen LogP contribution in [0.3, 0.4) is 0 Å². The molecule has 1 heterocycles. The summed E-state index contributed by atoms with van der Waals surface area (Å²) in [5.74, 6) is -0.0397. The number of hydrogen-bond donors (Lipinski definition) is 1. The van der Waals surface area contributed by atoms with Gasteiger partial charge >= 0.3 is 0 Å². The van der Waals surface area contributed by atoms with Crippen molar-refractivity contribution in [3.63, 3.8) is 0 Å². The van der Waals surface area contributed by atoms with Crippen LogP contribution in [0.5, 0.6) is 0 Å². The van der Waals surface area contributed by atoms with Crippen molar-refractivity contribution < 1.29 is 9.59 Å². The third kappa shape index (κ3) is 3.38. The molecule has 2 amide bonds. The topological polar surface area (TPSA) is 49.4 Å². The summed E-state index contributed by atoms with van der Waals surface area (Å²) in [6, 6.07) is 5.91. The van der Waals surface area contributed by atoms with E-state index in [1.54, 1.807) is 11.8 Å². The molecule has 4 nitrogen and oxygen atoms in total. The molecule has 1 unspecified atom stereocenters. The second-order valence-electron chi connectivity index (χ2n) is 5.59. The zero-order valence-electron chi connectivity index (χ0n) is 12.4. The van der Waals surface area contributed by atoms with Crippen molar-refractivity contribution in [2.75, 3.05) is 18.4 Å². The maximum absolute atomic E-state index is 12.3. The van der Waals surface area contributed by atoms with E-state index in [1.807, 2.05) is 32.0 Å². The average Bonchev–Trinajstić information content (AvgIpc) is 2.43. The largest absolute Gasteiger partial charge is 0.342 e. The van der Waals surface area contributed by atoms with Gasteiger partial charge in [-0.25, -0.2) is 0 Å². The SMILES string of the molecule is CC(=O)N1CCCC(C(=O)Nc2ccc(C)c(C)c2)C1. The number of amides is 2. The van der Waals surface area contributed by atoms with Gasteiger partial charge in [-0.3, -0.25) is 9.59 Å². The molecule has 1 fully saturated rings. The lowest BCUT2D eigenvalue weighted by Crippen LogP contribution is -2.42. The quantitative estimate of drug-likeness (QED) is 0.900. The fourth-order valence-electron chi connectivity index (χ4n) is 2.54. The molecule has 1 saturated heterocycles. The van der Waals surface area contributed by atoms with Crippen molar-refractivity contribution in [3.8, 4) is 0 Å². The summed E-state index contributed by atoms with van der Waals surface area (Å²) >= 11 is 0. The summed E-state index contributed by atoms with van der Waals surface area (Å²) in [5.41, 5.74) is 3.21. The van der Waals surface area contributed by atoms with Crippen LogP contribution in [0.2, 0.25) is 0 Å². The van der Waals surface area contributed by atoms with Gasteiger partial charge in [-0.15, -0.1) is 0 Å². The molecular formula is C16H22N2O2. The molecule has 0 aliphatic carbocycles. The summed E-state index contributed by atoms with van der Waals surface area (Å²) in [6.45, 7) is 6.94. The third-order valence-corrected chi connectivity index (χ3v) is 4.01. The molecule has 0 radical (unpaired) electrons. The summed E-state index contributed by atoms with van der Waals surface area (Å²) in [5, 5.41) is 2.96. The lowest BCUT2D eigenvalue weighted by molar-refractivity contribution is -0.132. The van der Waals surface area contributed by atoms with Crippen molar-refractivity contribution >= 4 is 17.5 Å². The summed E-state index contributed by atoms with van der Waals surface area (Å²) in [6.07, 6.45) is 1.74. The molecule has 0 saturated carbocycles. The Kier molecular flexibility index (Phi) is 4.42. The minimum atomic E-state index is -0.103. The number of rotatable bonds is 2. The Morgan fingerprint density at radius 3 is 2.65 bits per heavy atom. The molecule has 20 heavy (non-hydrogen) atoms. The molecule has 1 N–H and O–H groups in total. The number of carbonyl (C=O) groups is 2. The highest BCUT2D eigenvalue weighted by atomic mass is 16.2. The van der Waals surface area contributed by atoms with Gasteiger partial charge in [0.25, 0.3) is 0 Å². The number of piperidine rings is 1. The highest BCUT2D eigenvalue weighted by molar-refractivity contribution is 5.93. The van der Waals surface area contributed by atoms with Crippen LogP contribution in [-0.4, -0.2) is 29.8 Å². The Balaban J connectivity index is 2.00. The molecule has 2 rings (SSSR count). The summed E-state index contributed by atoms with van der Waals surface area (Å²) in [7, 11) is 0. The smallest absolute Gasteiger partial charge is 0.229 e. The van der Waals surface area contributed by atoms with Crippen LogP contribution in [0.4, 0.5) is 5.69 Å². The first-order chi connectivity index (χ1) is 9.47. The van der Waals surface area contributed by atoms with E-state index < -0.39 is 0 Å². The Hall–Kier alpha value is -1.84. The van der Waals surface area contributed by atoms with Gasteiger partial charge in [0.05, 0.1) is 5.92 Å². The first-order valence-corrected chi connectivity index (χ1v) is 7.11. The molecule has 1 aliphatic rings. The van der Waals surface area contributed by atoms with Crippen LogP contribution in [0.25, 0.3) is 0 Å². The van der Waals surface area contributed by atoms with E-state index in [9.17, 15) is 9.59 Å². The highest BCUT2D eigenvalue weighted by Gasteiger charge is 2.26. The van der Waals surface area contributed by atoms with Gasteiger partial charge in [0.1, 0.15) is 0 Å². The Labute approximate surface area is 120 Å². The second-order valence-corrected chi connectivity index (χ2v) is 5.59. The van der Waals surface area contributed by atoms with Gasteiger partial charge in [-0.2, -0.15) is 0 Å². The molecule has 1 aliphatic heterocycles. The third-order valence-electron chi connectivity index (χ3n) is 4.01. The van der Waals surface area contributed by atoms with E-state index in [0.29, 0.717) is 6.54 Å². The number of aryl methyl sites for hydroxylation is 2. The predicted molar refractivity (Wildman–Crippen MR) is 79.5 cm³/mol. The van der Waals surface area contributed by atoms with Gasteiger partial charge in [-0.1, -0.05) is 6.07 Å². The van der Waals surface area contributed by atoms with Gasteiger partial charge < -0.3 is 10.2 Å². The number of benzene rings is 1. The first-order valence-electron chi connectivity index (χ1n) is 7.11. The average molecular weight is 274 g/mol. The van der Waals surface area contributed by atoms with E-state index in [2.05, 4.69) is 5.32 Å². The Morgan fingerprint density at radius 2 is 2.00 bits per heavy atom. The minimum Gasteiger partial charge on any atom is -0.342 e. The number of likely N-dealkylation sites (tertiary alicyclic amines) is 1. The lowest BCUT2D eigenvalue weighted by atomic mass is 9.97. The van der Waals surface area contributed by atoms with E-state index in [0.717, 1.165) is 30.6 Å². The normalized spacial score (nSPS) is 18.8. The van der Waals surface area contributed by atoms with Gasteiger partial charge in [0, 0.05) is 25.7 Å². The van der Waals surface area contributed by atoms with Crippen molar-refractivity contribution in [2.24, 2.45) is 5.92 Å². The van der Waals surface area contributed by atoms with Crippen LogP contribution in [0.15, 0.2) is 18.2 Å². The first kappa shape index (κ1) is 14.6. The monoisotopic (exact) mass is 274 g/mol. The second kappa shape index (κ2) is 6.07.